The predicted molar refractivity (Wildman–Crippen MR) is 340 cm³/mol. The van der Waals surface area contributed by atoms with E-state index in [1.807, 2.05) is 12.1 Å². The van der Waals surface area contributed by atoms with Crippen LogP contribution in [0.25, 0.3) is 21.5 Å². The lowest BCUT2D eigenvalue weighted by Crippen LogP contribution is -2.68. The number of allylic oxidation sites excluding steroid dienone is 8. The van der Waals surface area contributed by atoms with E-state index in [1.165, 1.54) is 102 Å². The minimum absolute atomic E-state index is 0.0918. The van der Waals surface area contributed by atoms with Gasteiger partial charge in [-0.1, -0.05) is 123 Å². The molecule has 0 amide bonds. The number of nitro groups is 2. The molecule has 2 aliphatic carbocycles. The third-order valence-corrected chi connectivity index (χ3v) is 20.9. The third-order valence-electron chi connectivity index (χ3n) is 19.6. The van der Waals surface area contributed by atoms with Gasteiger partial charge in [-0.15, -0.1) is 20.5 Å². The molecule has 0 bridgehead atoms. The lowest BCUT2D eigenvalue weighted by atomic mass is 9.68. The first-order valence-corrected chi connectivity index (χ1v) is 34.4. The molecule has 22 heteroatoms. The molecule has 4 heterocycles. The molecule has 0 saturated heterocycles. The van der Waals surface area contributed by atoms with E-state index in [4.69, 9.17) is 37.3 Å². The Morgan fingerprint density at radius 1 is 0.500 bits per heavy atom. The van der Waals surface area contributed by atoms with Crippen LogP contribution in [0, 0.1) is 40.7 Å². The minimum Gasteiger partial charge on any atom is -0.347 e. The molecular weight excluding hydrogens is 1350 g/mol. The predicted octanol–water partition coefficient (Wildman–Crippen LogP) is 8.56. The van der Waals surface area contributed by atoms with Crippen molar-refractivity contribution in [2.45, 2.75) is 127 Å². The van der Waals surface area contributed by atoms with Gasteiger partial charge in [-0.05, 0) is 154 Å². The molecule has 0 radical (unpaired) electrons. The highest BCUT2D eigenvalue weighted by Gasteiger charge is 2.51. The summed E-state index contributed by atoms with van der Waals surface area (Å²) in [6.45, 7) is 10.8. The number of fused-ring (bicyclic) bond motifs is 10. The van der Waals surface area contributed by atoms with Crippen molar-refractivity contribution in [3.63, 3.8) is 0 Å². The summed E-state index contributed by atoms with van der Waals surface area (Å²) in [6, 6.07) is 43.4. The highest BCUT2D eigenvalue weighted by atomic mass is 79.9. The molecule has 0 atom stereocenters. The van der Waals surface area contributed by atoms with Gasteiger partial charge in [0.25, 0.3) is 11.4 Å². The van der Waals surface area contributed by atoms with E-state index in [1.54, 1.807) is 12.1 Å². The van der Waals surface area contributed by atoms with Gasteiger partial charge in [0.15, 0.2) is 24.5 Å². The van der Waals surface area contributed by atoms with Crippen LogP contribution in [0.3, 0.4) is 0 Å². The van der Waals surface area contributed by atoms with Crippen molar-refractivity contribution >= 4 is 99.0 Å². The number of benzene rings is 7. The van der Waals surface area contributed by atoms with Crippen LogP contribution in [0.4, 0.5) is 34.1 Å². The Balaban J connectivity index is 0.000000807. The Bertz CT molecular complexity index is 4040. The highest BCUT2D eigenvalue weighted by molar-refractivity contribution is 9.11. The number of nitro benzene ring substituents is 2. The van der Waals surface area contributed by atoms with E-state index in [2.05, 4.69) is 226 Å². The minimum atomic E-state index is -4.94. The quantitative estimate of drug-likeness (QED) is 0.0704. The zero-order chi connectivity index (χ0) is 66.0. The van der Waals surface area contributed by atoms with Gasteiger partial charge in [0.1, 0.15) is 0 Å². The molecule has 2 fully saturated rings. The molecule has 0 N–H and O–H groups in total. The Labute approximate surface area is 554 Å². The van der Waals surface area contributed by atoms with Crippen molar-refractivity contribution in [2.24, 2.45) is 0 Å². The van der Waals surface area contributed by atoms with Crippen LogP contribution in [0.15, 0.2) is 178 Å². The van der Waals surface area contributed by atoms with Crippen LogP contribution in [-0.4, -0.2) is 44.5 Å². The summed E-state index contributed by atoms with van der Waals surface area (Å²) in [4.78, 5) is 28.1. The van der Waals surface area contributed by atoms with E-state index < -0.39 is 20.5 Å². The number of rotatable bonds is 10. The summed E-state index contributed by atoms with van der Waals surface area (Å²) in [5.74, 6) is 0. The zero-order valence-electron chi connectivity index (χ0n) is 51.6. The lowest BCUT2D eigenvalue weighted by Gasteiger charge is -2.36. The van der Waals surface area contributed by atoms with Crippen molar-refractivity contribution < 1.29 is 76.8 Å². The fourth-order valence-corrected chi connectivity index (χ4v) is 16.7. The summed E-state index contributed by atoms with van der Waals surface area (Å²) in [5.41, 5.74) is 15.6. The SMILES string of the molecule is CN1/C(=C/C=C/C2=[N+](Cc3ccc(C[N+]4=C(/C=C/C=C5/N(C)c6cc([N+](=O)[O-])c(Br)cc6C56CCCCC6)C(C)(C)c5c4ccc4ccccc54)cc3)c3ccc4ccccc4c3C2(C)C)C2(CCCCC2)c2cc(Br)c([N+](=O)[O-])cc21.[O-][Cl+3]([O-])([O-])[O-].[O-][Cl+3]([O-])([O-])[O-]. The monoisotopic (exact) mass is 1410 g/mol. The molecule has 7 aromatic rings. The number of halogens is 4. The second kappa shape index (κ2) is 25.4. The summed E-state index contributed by atoms with van der Waals surface area (Å²) in [6.07, 6.45) is 24.6. The standard InChI is InChI=1S/C70H68Br2N6O4.2ClHO4/c1-67(2)61(23-17-25-63-69(35-13-7-14-36-69)51-39-53(71)59(77(79)80)41-57(51)73(63)5)75(55-33-31-47-19-9-11-21-49(47)65(55)67)43-45-27-29-46(30-28-45)44-76-56-34-32-48-20-10-12-22-50(48)66(56)68(3,4)62(76)24-18-26-64-70(37-15-8-16-38-70)52-40-54(72)60(78(81)82)42-58(52)74(64)6;2*2-1(3,4)5/h9-12,17-34,39-42H,7-8,13-16,35-38,43-44H2,1-6H3;2*(H,2,3,4,5)/q+2;;/p-2. The van der Waals surface area contributed by atoms with Gasteiger partial charge in [0.05, 0.1) is 41.0 Å². The van der Waals surface area contributed by atoms with Gasteiger partial charge in [0.2, 0.25) is 11.4 Å². The van der Waals surface area contributed by atoms with Crippen molar-refractivity contribution in [3.8, 4) is 0 Å². The maximum absolute atomic E-state index is 12.2. The van der Waals surface area contributed by atoms with Crippen molar-refractivity contribution in [3.05, 3.63) is 232 Å². The first-order chi connectivity index (χ1) is 43.4. The second-order valence-electron chi connectivity index (χ2n) is 25.5. The van der Waals surface area contributed by atoms with Crippen LogP contribution in [-0.2, 0) is 34.7 Å². The topological polar surface area (TPSA) is 283 Å². The Morgan fingerprint density at radius 3 is 1.17 bits per heavy atom. The van der Waals surface area contributed by atoms with E-state index in [0.29, 0.717) is 22.0 Å². The fraction of sp³-hybridized carbons (Fsp3) is 0.314. The van der Waals surface area contributed by atoms with Crippen molar-refractivity contribution in [1.29, 1.82) is 0 Å². The van der Waals surface area contributed by atoms with Gasteiger partial charge in [-0.25, -0.2) is 37.3 Å². The Hall–Kier alpha value is -7.02. The van der Waals surface area contributed by atoms with E-state index in [-0.39, 0.29) is 42.9 Å². The Morgan fingerprint density at radius 2 is 0.837 bits per heavy atom. The normalized spacial score (nSPS) is 19.3. The van der Waals surface area contributed by atoms with Crippen LogP contribution in [0.2, 0.25) is 0 Å². The van der Waals surface area contributed by atoms with Crippen LogP contribution in [0.5, 0.6) is 0 Å². The molecule has 2 spiro atoms. The largest absolute Gasteiger partial charge is 0.347 e. The van der Waals surface area contributed by atoms with Gasteiger partial charge in [-0.2, -0.15) is 9.15 Å². The van der Waals surface area contributed by atoms with E-state index in [9.17, 15) is 20.2 Å². The Kier molecular flexibility index (Phi) is 18.3. The first kappa shape index (κ1) is 66.4. The lowest BCUT2D eigenvalue weighted by molar-refractivity contribution is -2.00. The molecule has 92 heavy (non-hydrogen) atoms. The number of nitrogens with zero attached hydrogens (tertiary/aromatic N) is 6. The molecule has 6 aliphatic rings. The number of hydrogen-bond acceptors (Lipinski definition) is 14. The number of anilines is 2. The molecule has 0 unspecified atom stereocenters. The van der Waals surface area contributed by atoms with Crippen molar-refractivity contribution in [1.82, 2.24) is 0 Å². The molecule has 2 saturated carbocycles. The molecule has 18 nitrogen and oxygen atoms in total. The smallest absolute Gasteiger partial charge is 0.285 e. The maximum Gasteiger partial charge on any atom is 0.285 e. The maximum atomic E-state index is 12.2. The van der Waals surface area contributed by atoms with Gasteiger partial charge < -0.3 is 9.80 Å². The number of likely N-dealkylation sites (N-methyl/N-ethyl adjacent to an activating group) is 2. The third kappa shape index (κ3) is 12.5. The summed E-state index contributed by atoms with van der Waals surface area (Å²) < 4.78 is 74.0. The molecule has 7 aromatic carbocycles. The average Bonchev–Trinajstić information content (AvgIpc) is 1.59. The summed E-state index contributed by atoms with van der Waals surface area (Å²) in [5, 5.41) is 29.3. The average molecular weight is 1420 g/mol. The molecule has 0 aromatic heterocycles. The van der Waals surface area contributed by atoms with E-state index >= 15 is 0 Å². The highest BCUT2D eigenvalue weighted by Crippen LogP contribution is 2.59. The van der Waals surface area contributed by atoms with Gasteiger partial charge in [0, 0.05) is 95.0 Å². The number of hydrogen-bond donors (Lipinski definition) is 0. The molecule has 478 valence electrons. The second-order valence-corrected chi connectivity index (χ2v) is 28.7. The zero-order valence-corrected chi connectivity index (χ0v) is 56.3. The van der Waals surface area contributed by atoms with Crippen LogP contribution < -0.4 is 47.1 Å². The molecule has 4 aliphatic heterocycles. The first-order valence-electron chi connectivity index (χ1n) is 30.3. The molecule has 13 rings (SSSR count). The van der Waals surface area contributed by atoms with Gasteiger partial charge >= 0.3 is 0 Å². The van der Waals surface area contributed by atoms with Crippen LogP contribution >= 0.6 is 31.9 Å². The summed E-state index contributed by atoms with van der Waals surface area (Å²) >= 11 is 7.14. The molecular formula is C70H68Br2Cl2N6O12. The van der Waals surface area contributed by atoms with E-state index in [0.717, 1.165) is 62.7 Å². The fourth-order valence-electron chi connectivity index (χ4n) is 15.8. The van der Waals surface area contributed by atoms with Crippen molar-refractivity contribution in [2.75, 3.05) is 23.9 Å². The summed E-state index contributed by atoms with van der Waals surface area (Å²) in [7, 11) is -5.74. The van der Waals surface area contributed by atoms with Crippen LogP contribution in [0.1, 0.15) is 125 Å². The van der Waals surface area contributed by atoms with Gasteiger partial charge in [-0.3, -0.25) is 20.2 Å².